The molecule has 0 amide bonds. The molecule has 0 aliphatic carbocycles. The van der Waals surface area contributed by atoms with Gasteiger partial charge in [0.2, 0.25) is 0 Å². The van der Waals surface area contributed by atoms with Gasteiger partial charge in [-0.25, -0.2) is 0 Å². The molecule has 2 atom stereocenters. The van der Waals surface area contributed by atoms with Gasteiger partial charge in [0, 0.05) is 23.5 Å². The summed E-state index contributed by atoms with van der Waals surface area (Å²) >= 11 is 3.42. The lowest BCUT2D eigenvalue weighted by Crippen LogP contribution is -2.21. The molecule has 4 heteroatoms. The molecule has 1 aliphatic rings. The second-order valence-corrected chi connectivity index (χ2v) is 5.24. The van der Waals surface area contributed by atoms with Gasteiger partial charge >= 0.3 is 5.97 Å². The molecule has 0 spiro atoms. The van der Waals surface area contributed by atoms with Crippen molar-refractivity contribution < 1.29 is 9.90 Å². The number of carboxylic acid groups (broad SMARTS) is 1. The molecule has 0 bridgehead atoms. The number of benzene rings is 1. The van der Waals surface area contributed by atoms with E-state index >= 15 is 0 Å². The summed E-state index contributed by atoms with van der Waals surface area (Å²) in [5.41, 5.74) is 1.10. The number of carboxylic acids is 1. The van der Waals surface area contributed by atoms with Gasteiger partial charge in [-0.05, 0) is 24.7 Å². The Balaban J connectivity index is 2.28. The molecule has 2 rings (SSSR count). The van der Waals surface area contributed by atoms with Gasteiger partial charge in [-0.2, -0.15) is 0 Å². The van der Waals surface area contributed by atoms with E-state index in [1.807, 2.05) is 31.3 Å². The number of aliphatic carboxylic acids is 1. The molecule has 1 heterocycles. The fourth-order valence-electron chi connectivity index (χ4n) is 2.33. The molecule has 16 heavy (non-hydrogen) atoms. The van der Waals surface area contributed by atoms with Crippen molar-refractivity contribution in [3.05, 3.63) is 34.3 Å². The van der Waals surface area contributed by atoms with Crippen molar-refractivity contribution in [1.29, 1.82) is 0 Å². The monoisotopic (exact) mass is 283 g/mol. The van der Waals surface area contributed by atoms with E-state index < -0.39 is 5.97 Å². The van der Waals surface area contributed by atoms with Crippen LogP contribution in [0.2, 0.25) is 0 Å². The Kier molecular flexibility index (Phi) is 3.30. The van der Waals surface area contributed by atoms with Gasteiger partial charge in [0.15, 0.2) is 0 Å². The van der Waals surface area contributed by atoms with Crippen LogP contribution >= 0.6 is 15.9 Å². The first-order valence-corrected chi connectivity index (χ1v) is 6.04. The largest absolute Gasteiger partial charge is 0.481 e. The maximum Gasteiger partial charge on any atom is 0.308 e. The van der Waals surface area contributed by atoms with Gasteiger partial charge in [-0.3, -0.25) is 4.79 Å². The number of hydrogen-bond donors (Lipinski definition) is 1. The third-order valence-corrected chi connectivity index (χ3v) is 3.59. The number of nitrogens with zero attached hydrogens (tertiary/aromatic N) is 1. The van der Waals surface area contributed by atoms with E-state index in [0.717, 1.165) is 16.6 Å². The molecule has 3 nitrogen and oxygen atoms in total. The average molecular weight is 284 g/mol. The van der Waals surface area contributed by atoms with Gasteiger partial charge < -0.3 is 10.0 Å². The topological polar surface area (TPSA) is 40.5 Å². The van der Waals surface area contributed by atoms with Crippen LogP contribution in [0.25, 0.3) is 0 Å². The maximum atomic E-state index is 11.2. The first-order chi connectivity index (χ1) is 7.58. The van der Waals surface area contributed by atoms with Crippen molar-refractivity contribution in [1.82, 2.24) is 4.90 Å². The summed E-state index contributed by atoms with van der Waals surface area (Å²) < 4.78 is 1.00. The fourth-order valence-corrected chi connectivity index (χ4v) is 2.74. The van der Waals surface area contributed by atoms with Crippen molar-refractivity contribution in [2.24, 2.45) is 5.92 Å². The zero-order valence-electron chi connectivity index (χ0n) is 9.06. The first kappa shape index (κ1) is 11.6. The molecule has 86 valence electrons. The van der Waals surface area contributed by atoms with Gasteiger partial charge in [-0.15, -0.1) is 0 Å². The number of hydrogen-bond acceptors (Lipinski definition) is 2. The van der Waals surface area contributed by atoms with Gasteiger partial charge in [-0.1, -0.05) is 28.1 Å². The lowest BCUT2D eigenvalue weighted by atomic mass is 9.89. The van der Waals surface area contributed by atoms with Crippen LogP contribution in [0.5, 0.6) is 0 Å². The molecule has 1 aliphatic heterocycles. The smallest absolute Gasteiger partial charge is 0.308 e. The molecule has 1 N–H and O–H groups in total. The molecule has 1 aromatic carbocycles. The van der Waals surface area contributed by atoms with E-state index in [1.165, 1.54) is 0 Å². The molecular weight excluding hydrogens is 270 g/mol. The normalized spacial score (nSPS) is 25.9. The zero-order chi connectivity index (χ0) is 11.7. The Hall–Kier alpha value is -0.870. The van der Waals surface area contributed by atoms with E-state index in [9.17, 15) is 9.90 Å². The standard InChI is InChI=1S/C12H14BrNO2/c1-14-6-10(11(7-14)12(15)16)8-3-2-4-9(13)5-8/h2-5,10-11H,6-7H2,1H3,(H,15,16)/t10-,11-/m0/s1. The molecule has 0 saturated carbocycles. The first-order valence-electron chi connectivity index (χ1n) is 5.24. The lowest BCUT2D eigenvalue weighted by Gasteiger charge is -2.15. The van der Waals surface area contributed by atoms with Crippen molar-refractivity contribution in [3.8, 4) is 0 Å². The van der Waals surface area contributed by atoms with Crippen LogP contribution in [0.15, 0.2) is 28.7 Å². The van der Waals surface area contributed by atoms with E-state index in [2.05, 4.69) is 20.8 Å². The minimum atomic E-state index is -0.700. The predicted octanol–water partition coefficient (Wildman–Crippen LogP) is 2.18. The van der Waals surface area contributed by atoms with Gasteiger partial charge in [0.25, 0.3) is 0 Å². The Morgan fingerprint density at radius 1 is 1.50 bits per heavy atom. The number of likely N-dealkylation sites (tertiary alicyclic amines) is 1. The van der Waals surface area contributed by atoms with Crippen LogP contribution in [0.1, 0.15) is 11.5 Å². The summed E-state index contributed by atoms with van der Waals surface area (Å²) in [5, 5.41) is 9.19. The summed E-state index contributed by atoms with van der Waals surface area (Å²) in [4.78, 5) is 13.3. The Bertz CT molecular complexity index is 408. The third-order valence-electron chi connectivity index (χ3n) is 3.10. The molecule has 0 radical (unpaired) electrons. The van der Waals surface area contributed by atoms with Crippen molar-refractivity contribution in [2.75, 3.05) is 20.1 Å². The van der Waals surface area contributed by atoms with Crippen molar-refractivity contribution >= 4 is 21.9 Å². The number of likely N-dealkylation sites (N-methyl/N-ethyl adjacent to an activating group) is 1. The van der Waals surface area contributed by atoms with Crippen LogP contribution in [-0.4, -0.2) is 36.1 Å². The van der Waals surface area contributed by atoms with Crippen molar-refractivity contribution in [2.45, 2.75) is 5.92 Å². The molecular formula is C12H14BrNO2. The van der Waals surface area contributed by atoms with Gasteiger partial charge in [0.1, 0.15) is 0 Å². The molecule has 0 unspecified atom stereocenters. The Labute approximate surface area is 103 Å². The quantitative estimate of drug-likeness (QED) is 0.905. The summed E-state index contributed by atoms with van der Waals surface area (Å²) in [5.74, 6) is -0.895. The van der Waals surface area contributed by atoms with E-state index in [1.54, 1.807) is 0 Å². The predicted molar refractivity (Wildman–Crippen MR) is 65.5 cm³/mol. The minimum Gasteiger partial charge on any atom is -0.481 e. The zero-order valence-corrected chi connectivity index (χ0v) is 10.6. The van der Waals surface area contributed by atoms with Crippen LogP contribution in [0.3, 0.4) is 0 Å². The summed E-state index contributed by atoms with van der Waals surface area (Å²) in [6.45, 7) is 1.44. The fraction of sp³-hybridized carbons (Fsp3) is 0.417. The molecule has 1 saturated heterocycles. The Morgan fingerprint density at radius 3 is 2.88 bits per heavy atom. The minimum absolute atomic E-state index is 0.0972. The Morgan fingerprint density at radius 2 is 2.25 bits per heavy atom. The highest BCUT2D eigenvalue weighted by molar-refractivity contribution is 9.10. The highest BCUT2D eigenvalue weighted by Gasteiger charge is 2.36. The summed E-state index contributed by atoms with van der Waals surface area (Å²) in [6, 6.07) is 7.93. The number of carbonyl (C=O) groups is 1. The summed E-state index contributed by atoms with van der Waals surface area (Å²) in [6.07, 6.45) is 0. The lowest BCUT2D eigenvalue weighted by molar-refractivity contribution is -0.141. The van der Waals surface area contributed by atoms with E-state index in [-0.39, 0.29) is 11.8 Å². The molecule has 1 fully saturated rings. The second-order valence-electron chi connectivity index (χ2n) is 4.33. The third kappa shape index (κ3) is 2.28. The highest BCUT2D eigenvalue weighted by Crippen LogP contribution is 2.33. The number of halogens is 1. The molecule has 1 aromatic rings. The van der Waals surface area contributed by atoms with Crippen LogP contribution in [0, 0.1) is 5.92 Å². The SMILES string of the molecule is CN1C[C@H](C(=O)O)[C@H](c2cccc(Br)c2)C1. The van der Waals surface area contributed by atoms with Crippen LogP contribution in [-0.2, 0) is 4.79 Å². The summed E-state index contributed by atoms with van der Waals surface area (Å²) in [7, 11) is 1.97. The van der Waals surface area contributed by atoms with Crippen molar-refractivity contribution in [3.63, 3.8) is 0 Å². The average Bonchev–Trinajstić information content (AvgIpc) is 2.60. The second kappa shape index (κ2) is 4.55. The van der Waals surface area contributed by atoms with E-state index in [4.69, 9.17) is 0 Å². The maximum absolute atomic E-state index is 11.2. The van der Waals surface area contributed by atoms with Crippen LogP contribution in [0.4, 0.5) is 0 Å². The highest BCUT2D eigenvalue weighted by atomic mass is 79.9. The molecule has 0 aromatic heterocycles. The van der Waals surface area contributed by atoms with Crippen LogP contribution < -0.4 is 0 Å². The van der Waals surface area contributed by atoms with Gasteiger partial charge in [0.05, 0.1) is 5.92 Å². The van der Waals surface area contributed by atoms with E-state index in [0.29, 0.717) is 6.54 Å². The number of rotatable bonds is 2.